The van der Waals surface area contributed by atoms with Gasteiger partial charge in [-0.1, -0.05) is 31.2 Å². The highest BCUT2D eigenvalue weighted by atomic mass is 32.1. The van der Waals surface area contributed by atoms with Crippen molar-refractivity contribution in [1.82, 2.24) is 14.6 Å². The largest absolute Gasteiger partial charge is 0.465 e. The second-order valence-electron chi connectivity index (χ2n) is 9.39. The second kappa shape index (κ2) is 10.2. The predicted octanol–water partition coefficient (Wildman–Crippen LogP) is 6.09. The first-order chi connectivity index (χ1) is 17.5. The quantitative estimate of drug-likeness (QED) is 0.298. The van der Waals surface area contributed by atoms with E-state index in [1.54, 1.807) is 15.6 Å². The molecule has 0 unspecified atom stereocenters. The molecular weight excluding hydrogens is 472 g/mol. The molecular formula is C28H30N4O3S. The van der Waals surface area contributed by atoms with Gasteiger partial charge in [-0.3, -0.25) is 4.79 Å². The number of fused-ring (bicyclic) bond motifs is 1. The number of nitrogens with zero attached hydrogens (tertiary/aromatic N) is 4. The number of rotatable bonds is 6. The molecule has 1 saturated carbocycles. The average Bonchev–Trinajstić information content (AvgIpc) is 3.54. The summed E-state index contributed by atoms with van der Waals surface area (Å²) in [4.78, 5) is 33.7. The third-order valence-corrected chi connectivity index (χ3v) is 8.18. The molecule has 0 bridgehead atoms. The molecule has 36 heavy (non-hydrogen) atoms. The Bertz CT molecular complexity index is 1350. The number of hydrogen-bond donors (Lipinski definition) is 0. The Kier molecular flexibility index (Phi) is 6.87. The lowest BCUT2D eigenvalue weighted by Gasteiger charge is -2.30. The molecule has 1 amide bonds. The number of esters is 1. The number of carbonyl (C=O) groups is 2. The topological polar surface area (TPSA) is 76.8 Å². The van der Waals surface area contributed by atoms with Crippen molar-refractivity contribution < 1.29 is 14.3 Å². The summed E-state index contributed by atoms with van der Waals surface area (Å²) in [6.07, 6.45) is 7.57. The number of benzene rings is 1. The van der Waals surface area contributed by atoms with Crippen molar-refractivity contribution in [3.8, 4) is 21.7 Å². The number of thiophene rings is 1. The maximum atomic E-state index is 13.5. The Hall–Kier alpha value is -3.52. The molecule has 0 atom stereocenters. The van der Waals surface area contributed by atoms with Crippen molar-refractivity contribution in [2.24, 2.45) is 11.8 Å². The molecule has 0 saturated heterocycles. The zero-order valence-electron chi connectivity index (χ0n) is 20.8. The molecule has 0 radical (unpaired) electrons. The molecule has 8 heteroatoms. The van der Waals surface area contributed by atoms with E-state index in [4.69, 9.17) is 4.74 Å². The van der Waals surface area contributed by atoms with Crippen LogP contribution in [-0.4, -0.2) is 40.1 Å². The second-order valence-corrected chi connectivity index (χ2v) is 10.4. The van der Waals surface area contributed by atoms with E-state index in [0.29, 0.717) is 23.0 Å². The number of hydrogen-bond acceptors (Lipinski definition) is 6. The van der Waals surface area contributed by atoms with Gasteiger partial charge in [0, 0.05) is 41.4 Å². The molecule has 0 N–H and O–H groups in total. The summed E-state index contributed by atoms with van der Waals surface area (Å²) < 4.78 is 6.83. The van der Waals surface area contributed by atoms with Gasteiger partial charge in [-0.15, -0.1) is 11.3 Å². The minimum atomic E-state index is -0.418. The van der Waals surface area contributed by atoms with Crippen LogP contribution in [0.15, 0.2) is 54.9 Å². The van der Waals surface area contributed by atoms with Crippen molar-refractivity contribution >= 4 is 34.5 Å². The molecule has 0 spiro atoms. The highest BCUT2D eigenvalue weighted by Gasteiger charge is 2.31. The van der Waals surface area contributed by atoms with Gasteiger partial charge in [0.05, 0.1) is 18.5 Å². The minimum Gasteiger partial charge on any atom is -0.465 e. The van der Waals surface area contributed by atoms with E-state index in [1.807, 2.05) is 55.6 Å². The SMILES string of the molecule is CCN(C(=O)C1CCC(C)CC1)c1cc(-c2ccc(-c3cc4ncccn4n3)cc2)sc1C(=O)OC. The Morgan fingerprint density at radius 1 is 1.11 bits per heavy atom. The zero-order chi connectivity index (χ0) is 25.2. The van der Waals surface area contributed by atoms with E-state index in [9.17, 15) is 9.59 Å². The van der Waals surface area contributed by atoms with Crippen molar-refractivity contribution in [1.29, 1.82) is 0 Å². The van der Waals surface area contributed by atoms with Crippen molar-refractivity contribution in [2.75, 3.05) is 18.6 Å². The lowest BCUT2D eigenvalue weighted by atomic mass is 9.82. The fraction of sp³-hybridized carbons (Fsp3) is 0.357. The minimum absolute atomic E-state index is 0.00852. The van der Waals surface area contributed by atoms with Gasteiger partial charge in [-0.25, -0.2) is 14.3 Å². The van der Waals surface area contributed by atoms with E-state index in [1.165, 1.54) is 18.4 Å². The highest BCUT2D eigenvalue weighted by molar-refractivity contribution is 7.18. The van der Waals surface area contributed by atoms with Gasteiger partial charge in [-0.2, -0.15) is 5.10 Å². The van der Waals surface area contributed by atoms with Crippen LogP contribution < -0.4 is 4.90 Å². The molecule has 3 aromatic heterocycles. The molecule has 1 aliphatic carbocycles. The maximum absolute atomic E-state index is 13.5. The molecule has 1 aliphatic rings. The summed E-state index contributed by atoms with van der Waals surface area (Å²) in [7, 11) is 1.38. The van der Waals surface area contributed by atoms with E-state index in [0.717, 1.165) is 53.0 Å². The van der Waals surface area contributed by atoms with Crippen LogP contribution in [0.1, 0.15) is 49.2 Å². The first-order valence-corrected chi connectivity index (χ1v) is 13.2. The monoisotopic (exact) mass is 502 g/mol. The molecule has 1 fully saturated rings. The van der Waals surface area contributed by atoms with Crippen molar-refractivity contribution in [2.45, 2.75) is 39.5 Å². The van der Waals surface area contributed by atoms with E-state index >= 15 is 0 Å². The van der Waals surface area contributed by atoms with E-state index in [-0.39, 0.29) is 11.8 Å². The Morgan fingerprint density at radius 3 is 2.50 bits per heavy atom. The van der Waals surface area contributed by atoms with Crippen molar-refractivity contribution in [3.05, 3.63) is 59.7 Å². The van der Waals surface area contributed by atoms with E-state index < -0.39 is 5.97 Å². The van der Waals surface area contributed by atoms with Gasteiger partial charge in [-0.05, 0) is 56.2 Å². The van der Waals surface area contributed by atoms with Crippen LogP contribution in [0.3, 0.4) is 0 Å². The molecule has 186 valence electrons. The number of ether oxygens (including phenoxy) is 1. The van der Waals surface area contributed by atoms with Gasteiger partial charge in [0.2, 0.25) is 5.91 Å². The van der Waals surface area contributed by atoms with Crippen molar-refractivity contribution in [3.63, 3.8) is 0 Å². The van der Waals surface area contributed by atoms with Crippen LogP contribution in [0.5, 0.6) is 0 Å². The summed E-state index contributed by atoms with van der Waals surface area (Å²) in [5, 5.41) is 4.59. The maximum Gasteiger partial charge on any atom is 0.350 e. The molecule has 7 nitrogen and oxygen atoms in total. The summed E-state index contributed by atoms with van der Waals surface area (Å²) in [5.41, 5.74) is 4.22. The average molecular weight is 503 g/mol. The third kappa shape index (κ3) is 4.65. The first-order valence-electron chi connectivity index (χ1n) is 12.4. The number of methoxy groups -OCH3 is 1. The van der Waals surface area contributed by atoms with Gasteiger partial charge in [0.1, 0.15) is 4.88 Å². The Balaban J connectivity index is 1.45. The van der Waals surface area contributed by atoms with E-state index in [2.05, 4.69) is 17.0 Å². The molecule has 4 aromatic rings. The Morgan fingerprint density at radius 2 is 1.83 bits per heavy atom. The predicted molar refractivity (Wildman–Crippen MR) is 142 cm³/mol. The van der Waals surface area contributed by atoms with Gasteiger partial charge < -0.3 is 9.64 Å². The number of aromatic nitrogens is 3. The summed E-state index contributed by atoms with van der Waals surface area (Å²) in [5.74, 6) is 0.366. The normalized spacial score (nSPS) is 17.8. The van der Waals surface area contributed by atoms with Crippen LogP contribution in [-0.2, 0) is 9.53 Å². The van der Waals surface area contributed by atoms with Crippen LogP contribution in [0.25, 0.3) is 27.3 Å². The number of amides is 1. The summed E-state index contributed by atoms with van der Waals surface area (Å²) >= 11 is 1.36. The standard InChI is InChI=1S/C28H30N4O3S/c1-4-31(27(33)21-8-6-18(2)7-9-21)23-17-24(36-26(23)28(34)35-3)20-12-10-19(11-13-20)22-16-25-29-14-5-15-32(25)30-22/h5,10-18,21H,4,6-9H2,1-3H3. The number of anilines is 1. The van der Waals surface area contributed by atoms with Crippen LogP contribution in [0.2, 0.25) is 0 Å². The lowest BCUT2D eigenvalue weighted by Crippen LogP contribution is -2.38. The fourth-order valence-corrected chi connectivity index (χ4v) is 6.00. The Labute approximate surface area is 214 Å². The summed E-state index contributed by atoms with van der Waals surface area (Å²) in [6, 6.07) is 13.8. The van der Waals surface area contributed by atoms with Gasteiger partial charge >= 0.3 is 5.97 Å². The number of carbonyl (C=O) groups excluding carboxylic acids is 2. The van der Waals surface area contributed by atoms with Gasteiger partial charge in [0.15, 0.2) is 5.65 Å². The van der Waals surface area contributed by atoms with Gasteiger partial charge in [0.25, 0.3) is 0 Å². The molecule has 3 heterocycles. The summed E-state index contributed by atoms with van der Waals surface area (Å²) in [6.45, 7) is 4.71. The molecule has 1 aromatic carbocycles. The van der Waals surface area contributed by atoms with Crippen LogP contribution >= 0.6 is 11.3 Å². The fourth-order valence-electron chi connectivity index (χ4n) is 4.91. The molecule has 0 aliphatic heterocycles. The van der Waals surface area contributed by atoms with Crippen LogP contribution in [0.4, 0.5) is 5.69 Å². The third-order valence-electron chi connectivity index (χ3n) is 7.02. The molecule has 5 rings (SSSR count). The lowest BCUT2D eigenvalue weighted by molar-refractivity contribution is -0.123. The highest BCUT2D eigenvalue weighted by Crippen LogP contribution is 2.39. The first kappa shape index (κ1) is 24.2. The van der Waals surface area contributed by atoms with Crippen LogP contribution in [0, 0.1) is 11.8 Å². The zero-order valence-corrected chi connectivity index (χ0v) is 21.6. The smallest absolute Gasteiger partial charge is 0.350 e.